The molecule has 0 aromatic heterocycles. The molecule has 126 valence electrons. The molecule has 1 saturated heterocycles. The minimum atomic E-state index is -0.0256. The minimum absolute atomic E-state index is 0.0202. The van der Waals surface area contributed by atoms with Crippen LogP contribution < -0.4 is 10.6 Å². The van der Waals surface area contributed by atoms with E-state index in [0.29, 0.717) is 19.6 Å². The second-order valence-corrected chi connectivity index (χ2v) is 6.97. The molecule has 1 fully saturated rings. The van der Waals surface area contributed by atoms with E-state index in [-0.39, 0.29) is 23.7 Å². The van der Waals surface area contributed by atoms with E-state index in [2.05, 4.69) is 26.6 Å². The third-order valence-corrected chi connectivity index (χ3v) is 4.75. The van der Waals surface area contributed by atoms with Crippen LogP contribution >= 0.6 is 15.9 Å². The summed E-state index contributed by atoms with van der Waals surface area (Å²) in [5.74, 6) is 0.171. The van der Waals surface area contributed by atoms with Crippen molar-refractivity contribution in [3.63, 3.8) is 0 Å². The van der Waals surface area contributed by atoms with Crippen LogP contribution in [0.4, 0.5) is 5.69 Å². The second-order valence-electron chi connectivity index (χ2n) is 6.05. The molecule has 6 heteroatoms. The highest BCUT2D eigenvalue weighted by Crippen LogP contribution is 2.21. The topological polar surface area (TPSA) is 61.4 Å². The molecule has 0 spiro atoms. The van der Waals surface area contributed by atoms with E-state index in [1.165, 1.54) is 0 Å². The molecule has 0 aliphatic carbocycles. The van der Waals surface area contributed by atoms with Crippen molar-refractivity contribution in [2.45, 2.75) is 19.8 Å². The maximum atomic E-state index is 12.3. The van der Waals surface area contributed by atoms with E-state index < -0.39 is 0 Å². The summed E-state index contributed by atoms with van der Waals surface area (Å²) in [7, 11) is 1.85. The summed E-state index contributed by atoms with van der Waals surface area (Å²) in [6.45, 7) is 3.94. The van der Waals surface area contributed by atoms with Crippen LogP contribution in [-0.4, -0.2) is 43.4 Å². The summed E-state index contributed by atoms with van der Waals surface area (Å²) in [6.07, 6.45) is 1.45. The number of halogens is 1. The highest BCUT2D eigenvalue weighted by molar-refractivity contribution is 9.10. The fourth-order valence-corrected chi connectivity index (χ4v) is 3.11. The number of hydrogen-bond donors (Lipinski definition) is 2. The summed E-state index contributed by atoms with van der Waals surface area (Å²) in [6, 6.07) is 7.56. The number of likely N-dealkylation sites (tertiary alicyclic amines) is 1. The van der Waals surface area contributed by atoms with Crippen molar-refractivity contribution < 1.29 is 9.59 Å². The van der Waals surface area contributed by atoms with E-state index in [1.54, 1.807) is 0 Å². The zero-order valence-electron chi connectivity index (χ0n) is 13.6. The molecule has 1 aromatic carbocycles. The average Bonchev–Trinajstić information content (AvgIpc) is 2.56. The third kappa shape index (κ3) is 5.04. The van der Waals surface area contributed by atoms with E-state index in [1.807, 2.05) is 43.1 Å². The van der Waals surface area contributed by atoms with Gasteiger partial charge in [0, 0.05) is 41.6 Å². The van der Waals surface area contributed by atoms with E-state index in [4.69, 9.17) is 0 Å². The summed E-state index contributed by atoms with van der Waals surface area (Å²) < 4.78 is 0.984. The first-order valence-electron chi connectivity index (χ1n) is 8.01. The van der Waals surface area contributed by atoms with Gasteiger partial charge in [0.05, 0.1) is 0 Å². The molecule has 2 amide bonds. The van der Waals surface area contributed by atoms with Gasteiger partial charge in [-0.05, 0) is 44.2 Å². The van der Waals surface area contributed by atoms with E-state index in [9.17, 15) is 9.59 Å². The fraction of sp³-hybridized carbons (Fsp3) is 0.529. The van der Waals surface area contributed by atoms with Crippen LogP contribution in [0.25, 0.3) is 0 Å². The molecule has 1 aliphatic rings. The van der Waals surface area contributed by atoms with Crippen LogP contribution in [-0.2, 0) is 9.59 Å². The lowest BCUT2D eigenvalue weighted by Crippen LogP contribution is -2.45. The number of nitrogens with zero attached hydrogens (tertiary/aromatic N) is 1. The third-order valence-electron chi connectivity index (χ3n) is 4.22. The van der Waals surface area contributed by atoms with Crippen LogP contribution in [0.15, 0.2) is 28.7 Å². The Morgan fingerprint density at radius 3 is 2.43 bits per heavy atom. The predicted molar refractivity (Wildman–Crippen MR) is 95.2 cm³/mol. The van der Waals surface area contributed by atoms with Crippen molar-refractivity contribution >= 4 is 33.4 Å². The zero-order valence-corrected chi connectivity index (χ0v) is 15.2. The van der Waals surface area contributed by atoms with Crippen LogP contribution in [0, 0.1) is 11.8 Å². The van der Waals surface area contributed by atoms with Crippen LogP contribution in [0.5, 0.6) is 0 Å². The second kappa shape index (κ2) is 8.45. The summed E-state index contributed by atoms with van der Waals surface area (Å²) in [5, 5.41) is 5.98. The van der Waals surface area contributed by atoms with Gasteiger partial charge in [0.15, 0.2) is 0 Å². The molecule has 1 aliphatic heterocycles. The molecule has 0 bridgehead atoms. The summed E-state index contributed by atoms with van der Waals surface area (Å²) in [4.78, 5) is 26.5. The van der Waals surface area contributed by atoms with Crippen LogP contribution in [0.2, 0.25) is 0 Å². The van der Waals surface area contributed by atoms with Crippen molar-refractivity contribution in [3.05, 3.63) is 28.7 Å². The van der Waals surface area contributed by atoms with Gasteiger partial charge in [0.25, 0.3) is 0 Å². The van der Waals surface area contributed by atoms with Crippen LogP contribution in [0.3, 0.4) is 0 Å². The van der Waals surface area contributed by atoms with Crippen molar-refractivity contribution in [1.29, 1.82) is 0 Å². The molecule has 1 unspecified atom stereocenters. The molecule has 0 radical (unpaired) electrons. The quantitative estimate of drug-likeness (QED) is 0.823. The molecular formula is C17H24BrN3O2. The van der Waals surface area contributed by atoms with Gasteiger partial charge in [-0.3, -0.25) is 9.59 Å². The first-order chi connectivity index (χ1) is 11.0. The number of rotatable bonds is 5. The van der Waals surface area contributed by atoms with Gasteiger partial charge in [-0.1, -0.05) is 22.9 Å². The van der Waals surface area contributed by atoms with E-state index >= 15 is 0 Å². The van der Waals surface area contributed by atoms with Gasteiger partial charge < -0.3 is 15.5 Å². The Kier molecular flexibility index (Phi) is 6.59. The Bertz CT molecular complexity index is 539. The molecule has 1 aromatic rings. The number of carbonyl (C=O) groups is 2. The van der Waals surface area contributed by atoms with Gasteiger partial charge in [0.1, 0.15) is 0 Å². The molecule has 1 atom stereocenters. The van der Waals surface area contributed by atoms with Gasteiger partial charge in [0.2, 0.25) is 11.8 Å². The number of amides is 2. The van der Waals surface area contributed by atoms with Crippen molar-refractivity contribution in [1.82, 2.24) is 10.2 Å². The Hall–Kier alpha value is -1.40. The molecule has 23 heavy (non-hydrogen) atoms. The van der Waals surface area contributed by atoms with Crippen LogP contribution in [0.1, 0.15) is 19.8 Å². The molecule has 0 saturated carbocycles. The van der Waals surface area contributed by atoms with Crippen molar-refractivity contribution in [3.8, 4) is 0 Å². The molecule has 2 N–H and O–H groups in total. The Morgan fingerprint density at radius 2 is 1.87 bits per heavy atom. The molecule has 5 nitrogen and oxygen atoms in total. The lowest BCUT2D eigenvalue weighted by atomic mass is 9.95. The summed E-state index contributed by atoms with van der Waals surface area (Å²) >= 11 is 3.38. The monoisotopic (exact) mass is 381 g/mol. The Labute approximate surface area is 145 Å². The van der Waals surface area contributed by atoms with E-state index in [0.717, 1.165) is 23.0 Å². The van der Waals surface area contributed by atoms with Gasteiger partial charge >= 0.3 is 0 Å². The highest BCUT2D eigenvalue weighted by Gasteiger charge is 2.29. The average molecular weight is 382 g/mol. The first kappa shape index (κ1) is 17.9. The smallest absolute Gasteiger partial charge is 0.227 e. The fourth-order valence-electron chi connectivity index (χ4n) is 2.84. The molecule has 2 rings (SSSR count). The predicted octanol–water partition coefficient (Wildman–Crippen LogP) is 2.48. The van der Waals surface area contributed by atoms with Crippen molar-refractivity contribution in [2.75, 3.05) is 32.0 Å². The number of anilines is 1. The largest absolute Gasteiger partial charge is 0.342 e. The normalized spacial score (nSPS) is 16.9. The number of benzene rings is 1. The number of hydrogen-bond acceptors (Lipinski definition) is 3. The minimum Gasteiger partial charge on any atom is -0.342 e. The maximum absolute atomic E-state index is 12.3. The Balaban J connectivity index is 1.82. The first-order valence-corrected chi connectivity index (χ1v) is 8.80. The zero-order chi connectivity index (χ0) is 16.8. The number of carbonyl (C=O) groups excluding carboxylic acids is 2. The van der Waals surface area contributed by atoms with Gasteiger partial charge in [-0.2, -0.15) is 0 Å². The summed E-state index contributed by atoms with van der Waals surface area (Å²) in [5.41, 5.74) is 0.805. The molecular weight excluding hydrogens is 358 g/mol. The standard InChI is InChI=1S/C17H24BrN3O2/c1-12(11-19-2)17(23)21-9-7-13(8-10-21)16(22)20-15-5-3-14(18)4-6-15/h3-6,12-13,19H,7-11H2,1-2H3,(H,20,22). The number of nitrogens with one attached hydrogen (secondary N) is 2. The number of piperidine rings is 1. The lowest BCUT2D eigenvalue weighted by Gasteiger charge is -2.33. The van der Waals surface area contributed by atoms with Gasteiger partial charge in [-0.25, -0.2) is 0 Å². The Morgan fingerprint density at radius 1 is 1.26 bits per heavy atom. The molecule has 1 heterocycles. The van der Waals surface area contributed by atoms with Gasteiger partial charge in [-0.15, -0.1) is 0 Å². The lowest BCUT2D eigenvalue weighted by molar-refractivity contribution is -0.137. The van der Waals surface area contributed by atoms with Crippen molar-refractivity contribution in [2.24, 2.45) is 11.8 Å². The maximum Gasteiger partial charge on any atom is 0.227 e. The highest BCUT2D eigenvalue weighted by atomic mass is 79.9. The SMILES string of the molecule is CNCC(C)C(=O)N1CCC(C(=O)Nc2ccc(Br)cc2)CC1.